The van der Waals surface area contributed by atoms with E-state index >= 15 is 0 Å². The molecule has 6 heteroatoms. The fourth-order valence-corrected chi connectivity index (χ4v) is 3.93. The van der Waals surface area contributed by atoms with Gasteiger partial charge in [-0.05, 0) is 25.2 Å². The van der Waals surface area contributed by atoms with Gasteiger partial charge >= 0.3 is 5.97 Å². The van der Waals surface area contributed by atoms with Crippen molar-refractivity contribution < 1.29 is 14.7 Å². The maximum absolute atomic E-state index is 12.7. The van der Waals surface area contributed by atoms with E-state index in [1.165, 1.54) is 11.3 Å². The van der Waals surface area contributed by atoms with E-state index in [0.717, 1.165) is 17.1 Å². The van der Waals surface area contributed by atoms with E-state index in [-0.39, 0.29) is 17.7 Å². The normalized spacial score (nSPS) is 22.0. The molecule has 1 aliphatic rings. The highest BCUT2D eigenvalue weighted by Crippen LogP contribution is 2.32. The Labute approximate surface area is 129 Å². The Kier molecular flexibility index (Phi) is 4.66. The third-order valence-corrected chi connectivity index (χ3v) is 5.16. The fraction of sp³-hybridized carbons (Fsp3) is 0.667. The monoisotopic (exact) mass is 310 g/mol. The third-order valence-electron chi connectivity index (χ3n) is 4.16. The summed E-state index contributed by atoms with van der Waals surface area (Å²) >= 11 is 1.40. The summed E-state index contributed by atoms with van der Waals surface area (Å²) in [5.41, 5.74) is 0.822. The van der Waals surface area contributed by atoms with Crippen LogP contribution < -0.4 is 0 Å². The van der Waals surface area contributed by atoms with Gasteiger partial charge in [-0.2, -0.15) is 0 Å². The number of thiazole rings is 1. The van der Waals surface area contributed by atoms with E-state index in [1.807, 2.05) is 27.7 Å². The van der Waals surface area contributed by atoms with Crippen molar-refractivity contribution in [1.82, 2.24) is 9.88 Å². The standard InChI is InChI=1S/C15H22N2O3S/c1-5-12-13(21-9(4)16-12)14(18)17-6-10(8(2)3)11(7-17)15(19)20/h8,10-11H,5-7H2,1-4H3,(H,19,20)/t10-,11+/m0/s1. The van der Waals surface area contributed by atoms with Crippen molar-refractivity contribution in [2.75, 3.05) is 13.1 Å². The number of likely N-dealkylation sites (tertiary alicyclic amines) is 1. The smallest absolute Gasteiger partial charge is 0.308 e. The number of carboxylic acids is 1. The van der Waals surface area contributed by atoms with E-state index in [2.05, 4.69) is 4.98 Å². The molecule has 0 saturated carbocycles. The van der Waals surface area contributed by atoms with Crippen LogP contribution in [0.4, 0.5) is 0 Å². The Balaban J connectivity index is 2.22. The van der Waals surface area contributed by atoms with Gasteiger partial charge in [0.1, 0.15) is 4.88 Å². The molecule has 2 rings (SSSR count). The van der Waals surface area contributed by atoms with Crippen molar-refractivity contribution in [3.63, 3.8) is 0 Å². The van der Waals surface area contributed by atoms with Crippen LogP contribution in [0.1, 0.15) is 41.1 Å². The van der Waals surface area contributed by atoms with Crippen molar-refractivity contribution in [1.29, 1.82) is 0 Å². The summed E-state index contributed by atoms with van der Waals surface area (Å²) in [6.45, 7) is 8.73. The van der Waals surface area contributed by atoms with Crippen LogP contribution in [-0.2, 0) is 11.2 Å². The van der Waals surface area contributed by atoms with E-state index in [9.17, 15) is 14.7 Å². The first-order chi connectivity index (χ1) is 9.85. The maximum atomic E-state index is 12.7. The minimum Gasteiger partial charge on any atom is -0.481 e. The zero-order chi connectivity index (χ0) is 15.7. The minimum atomic E-state index is -0.805. The lowest BCUT2D eigenvalue weighted by molar-refractivity contribution is -0.142. The number of hydrogen-bond donors (Lipinski definition) is 1. The summed E-state index contributed by atoms with van der Waals surface area (Å²) in [6.07, 6.45) is 0.717. The molecule has 5 nitrogen and oxygen atoms in total. The number of carbonyl (C=O) groups excluding carboxylic acids is 1. The number of carboxylic acid groups (broad SMARTS) is 1. The lowest BCUT2D eigenvalue weighted by Gasteiger charge is -2.18. The summed E-state index contributed by atoms with van der Waals surface area (Å²) in [6, 6.07) is 0. The lowest BCUT2D eigenvalue weighted by Crippen LogP contribution is -2.30. The largest absolute Gasteiger partial charge is 0.481 e. The predicted octanol–water partition coefficient (Wildman–Crippen LogP) is 2.44. The van der Waals surface area contributed by atoms with Gasteiger partial charge in [0.05, 0.1) is 16.6 Å². The molecule has 1 N–H and O–H groups in total. The lowest BCUT2D eigenvalue weighted by atomic mass is 9.86. The number of amides is 1. The van der Waals surface area contributed by atoms with Gasteiger partial charge in [0.2, 0.25) is 0 Å². The second kappa shape index (κ2) is 6.13. The van der Waals surface area contributed by atoms with Crippen molar-refractivity contribution in [2.24, 2.45) is 17.8 Å². The first kappa shape index (κ1) is 15.9. The highest BCUT2D eigenvalue weighted by molar-refractivity contribution is 7.13. The summed E-state index contributed by atoms with van der Waals surface area (Å²) < 4.78 is 0. The molecule has 0 spiro atoms. The predicted molar refractivity (Wildman–Crippen MR) is 81.6 cm³/mol. The second-order valence-corrected chi connectivity index (χ2v) is 7.13. The quantitative estimate of drug-likeness (QED) is 0.927. The van der Waals surface area contributed by atoms with E-state index in [0.29, 0.717) is 18.0 Å². The highest BCUT2D eigenvalue weighted by atomic mass is 32.1. The average Bonchev–Trinajstić information content (AvgIpc) is 3.01. The molecule has 1 amide bonds. The SMILES string of the molecule is CCc1nc(C)sc1C(=O)N1C[C@@H](C(=O)O)[C@H](C(C)C)C1. The molecule has 1 aromatic rings. The Bertz CT molecular complexity index is 553. The van der Waals surface area contributed by atoms with Gasteiger partial charge in [-0.25, -0.2) is 4.98 Å². The molecule has 21 heavy (non-hydrogen) atoms. The molecular formula is C15H22N2O3S. The number of rotatable bonds is 4. The molecule has 0 radical (unpaired) electrons. The van der Waals surface area contributed by atoms with Crippen LogP contribution in [0.5, 0.6) is 0 Å². The molecule has 0 bridgehead atoms. The van der Waals surface area contributed by atoms with Crippen LogP contribution in [0, 0.1) is 24.7 Å². The van der Waals surface area contributed by atoms with E-state index in [1.54, 1.807) is 4.90 Å². The Morgan fingerprint density at radius 3 is 2.57 bits per heavy atom. The van der Waals surface area contributed by atoms with Crippen molar-refractivity contribution in [2.45, 2.75) is 34.1 Å². The fourth-order valence-electron chi connectivity index (χ4n) is 2.95. The summed E-state index contributed by atoms with van der Waals surface area (Å²) in [5.74, 6) is -1.07. The molecule has 1 aliphatic heterocycles. The molecule has 1 fully saturated rings. The van der Waals surface area contributed by atoms with Gasteiger partial charge in [-0.1, -0.05) is 20.8 Å². The van der Waals surface area contributed by atoms with Crippen LogP contribution >= 0.6 is 11.3 Å². The molecular weight excluding hydrogens is 288 g/mol. The number of hydrogen-bond acceptors (Lipinski definition) is 4. The topological polar surface area (TPSA) is 70.5 Å². The number of aromatic nitrogens is 1. The molecule has 116 valence electrons. The molecule has 0 aromatic carbocycles. The molecule has 0 unspecified atom stereocenters. The van der Waals surface area contributed by atoms with Crippen LogP contribution in [0.3, 0.4) is 0 Å². The molecule has 2 heterocycles. The number of aryl methyl sites for hydroxylation is 2. The summed E-state index contributed by atoms with van der Waals surface area (Å²) in [5, 5.41) is 10.2. The second-order valence-electron chi connectivity index (χ2n) is 5.92. The molecule has 1 aromatic heterocycles. The summed E-state index contributed by atoms with van der Waals surface area (Å²) in [4.78, 5) is 30.8. The van der Waals surface area contributed by atoms with Gasteiger partial charge in [0.15, 0.2) is 0 Å². The van der Waals surface area contributed by atoms with Crippen molar-refractivity contribution in [3.8, 4) is 0 Å². The highest BCUT2D eigenvalue weighted by Gasteiger charge is 2.41. The number of carbonyl (C=O) groups is 2. The van der Waals surface area contributed by atoms with Crippen LogP contribution in [-0.4, -0.2) is 40.0 Å². The first-order valence-corrected chi connectivity index (χ1v) is 8.15. The Morgan fingerprint density at radius 1 is 1.43 bits per heavy atom. The summed E-state index contributed by atoms with van der Waals surface area (Å²) in [7, 11) is 0. The van der Waals surface area contributed by atoms with Crippen molar-refractivity contribution >= 4 is 23.2 Å². The van der Waals surface area contributed by atoms with Gasteiger partial charge in [0.25, 0.3) is 5.91 Å². The molecule has 1 saturated heterocycles. The Morgan fingerprint density at radius 2 is 2.10 bits per heavy atom. The minimum absolute atomic E-state index is 0.0190. The van der Waals surface area contributed by atoms with E-state index < -0.39 is 11.9 Å². The number of aliphatic carboxylic acids is 1. The first-order valence-electron chi connectivity index (χ1n) is 7.33. The molecule has 2 atom stereocenters. The van der Waals surface area contributed by atoms with Gasteiger partial charge < -0.3 is 10.0 Å². The van der Waals surface area contributed by atoms with Crippen molar-refractivity contribution in [3.05, 3.63) is 15.6 Å². The molecule has 0 aliphatic carbocycles. The Hall–Kier alpha value is -1.43. The average molecular weight is 310 g/mol. The third kappa shape index (κ3) is 3.10. The van der Waals surface area contributed by atoms with Crippen LogP contribution in [0.25, 0.3) is 0 Å². The zero-order valence-corrected chi connectivity index (χ0v) is 13.7. The number of nitrogens with zero attached hydrogens (tertiary/aromatic N) is 2. The van der Waals surface area contributed by atoms with Gasteiger partial charge in [-0.15, -0.1) is 11.3 Å². The van der Waals surface area contributed by atoms with Crippen LogP contribution in [0.15, 0.2) is 0 Å². The maximum Gasteiger partial charge on any atom is 0.308 e. The zero-order valence-electron chi connectivity index (χ0n) is 12.9. The van der Waals surface area contributed by atoms with Gasteiger partial charge in [0, 0.05) is 13.1 Å². The van der Waals surface area contributed by atoms with E-state index in [4.69, 9.17) is 0 Å². The van der Waals surface area contributed by atoms with Gasteiger partial charge in [-0.3, -0.25) is 9.59 Å². The van der Waals surface area contributed by atoms with Crippen LogP contribution in [0.2, 0.25) is 0 Å².